The second-order valence-corrected chi connectivity index (χ2v) is 5.06. The summed E-state index contributed by atoms with van der Waals surface area (Å²) in [4.78, 5) is 11.9. The SMILES string of the molecule is COc1ccc(C(O)C(=O)NCCCc2ccccc2)cc1. The molecule has 22 heavy (non-hydrogen) atoms. The quantitative estimate of drug-likeness (QED) is 0.772. The summed E-state index contributed by atoms with van der Waals surface area (Å²) in [6.07, 6.45) is 0.591. The van der Waals surface area contributed by atoms with E-state index >= 15 is 0 Å². The van der Waals surface area contributed by atoms with Gasteiger partial charge in [-0.05, 0) is 36.1 Å². The molecule has 0 spiro atoms. The van der Waals surface area contributed by atoms with Crippen LogP contribution >= 0.6 is 0 Å². The van der Waals surface area contributed by atoms with Crippen LogP contribution in [0.2, 0.25) is 0 Å². The molecule has 116 valence electrons. The van der Waals surface area contributed by atoms with E-state index in [1.54, 1.807) is 31.4 Å². The van der Waals surface area contributed by atoms with Crippen LogP contribution < -0.4 is 10.1 Å². The number of amides is 1. The van der Waals surface area contributed by atoms with Gasteiger partial charge < -0.3 is 15.2 Å². The van der Waals surface area contributed by atoms with Crippen LogP contribution in [0.5, 0.6) is 5.75 Å². The molecule has 0 aliphatic heterocycles. The summed E-state index contributed by atoms with van der Waals surface area (Å²) in [6, 6.07) is 16.9. The lowest BCUT2D eigenvalue weighted by Crippen LogP contribution is -2.30. The minimum Gasteiger partial charge on any atom is -0.497 e. The van der Waals surface area contributed by atoms with Crippen molar-refractivity contribution in [3.05, 3.63) is 65.7 Å². The molecule has 1 unspecified atom stereocenters. The lowest BCUT2D eigenvalue weighted by atomic mass is 10.1. The number of rotatable bonds is 7. The van der Waals surface area contributed by atoms with Crippen LogP contribution in [0.1, 0.15) is 23.7 Å². The van der Waals surface area contributed by atoms with Crippen LogP contribution in [0.4, 0.5) is 0 Å². The van der Waals surface area contributed by atoms with E-state index in [1.165, 1.54) is 5.56 Å². The molecule has 0 bridgehead atoms. The van der Waals surface area contributed by atoms with Crippen LogP contribution in [0.25, 0.3) is 0 Å². The fourth-order valence-corrected chi connectivity index (χ4v) is 2.18. The Kier molecular flexibility index (Phi) is 5.98. The van der Waals surface area contributed by atoms with E-state index in [9.17, 15) is 9.90 Å². The molecule has 0 fully saturated rings. The second-order valence-electron chi connectivity index (χ2n) is 5.06. The Morgan fingerprint density at radius 3 is 2.45 bits per heavy atom. The Balaban J connectivity index is 1.76. The van der Waals surface area contributed by atoms with Gasteiger partial charge in [0.1, 0.15) is 5.75 Å². The predicted octanol–water partition coefficient (Wildman–Crippen LogP) is 2.48. The van der Waals surface area contributed by atoms with E-state index in [-0.39, 0.29) is 5.91 Å². The lowest BCUT2D eigenvalue weighted by molar-refractivity contribution is -0.129. The minimum atomic E-state index is -1.15. The summed E-state index contributed by atoms with van der Waals surface area (Å²) >= 11 is 0. The molecular weight excluding hydrogens is 278 g/mol. The predicted molar refractivity (Wildman–Crippen MR) is 85.7 cm³/mol. The van der Waals surface area contributed by atoms with E-state index < -0.39 is 6.10 Å². The highest BCUT2D eigenvalue weighted by molar-refractivity contribution is 5.81. The highest BCUT2D eigenvalue weighted by Crippen LogP contribution is 2.17. The fraction of sp³-hybridized carbons (Fsp3) is 0.278. The molecule has 0 radical (unpaired) electrons. The van der Waals surface area contributed by atoms with Gasteiger partial charge in [-0.3, -0.25) is 4.79 Å². The van der Waals surface area contributed by atoms with Crippen LogP contribution in [0, 0.1) is 0 Å². The summed E-state index contributed by atoms with van der Waals surface area (Å²) in [5.41, 5.74) is 1.80. The second kappa shape index (κ2) is 8.20. The van der Waals surface area contributed by atoms with Gasteiger partial charge in [-0.2, -0.15) is 0 Å². The summed E-state index contributed by atoms with van der Waals surface area (Å²) in [5.74, 6) is 0.317. The third-order valence-electron chi connectivity index (χ3n) is 3.46. The van der Waals surface area contributed by atoms with E-state index in [0.717, 1.165) is 12.8 Å². The largest absolute Gasteiger partial charge is 0.497 e. The Labute approximate surface area is 130 Å². The molecule has 0 aliphatic rings. The van der Waals surface area contributed by atoms with Crippen molar-refractivity contribution in [2.45, 2.75) is 18.9 Å². The molecule has 1 atom stereocenters. The molecule has 4 heteroatoms. The molecule has 2 aromatic carbocycles. The summed E-state index contributed by atoms with van der Waals surface area (Å²) < 4.78 is 5.05. The van der Waals surface area contributed by atoms with Gasteiger partial charge in [-0.15, -0.1) is 0 Å². The molecule has 2 N–H and O–H groups in total. The Bertz CT molecular complexity index is 581. The molecular formula is C18H21NO3. The van der Waals surface area contributed by atoms with E-state index in [2.05, 4.69) is 17.4 Å². The lowest BCUT2D eigenvalue weighted by Gasteiger charge is -2.12. The number of hydrogen-bond acceptors (Lipinski definition) is 3. The van der Waals surface area contributed by atoms with Crippen LogP contribution in [0.15, 0.2) is 54.6 Å². The standard InChI is InChI=1S/C18H21NO3/c1-22-16-11-9-15(10-12-16)17(20)18(21)19-13-5-8-14-6-3-2-4-7-14/h2-4,6-7,9-12,17,20H,5,8,13H2,1H3,(H,19,21). The number of aliphatic hydroxyl groups is 1. The Hall–Kier alpha value is -2.33. The first-order valence-corrected chi connectivity index (χ1v) is 7.34. The summed E-state index contributed by atoms with van der Waals surface area (Å²) in [5, 5.41) is 12.8. The van der Waals surface area contributed by atoms with Crippen molar-refractivity contribution >= 4 is 5.91 Å². The number of carbonyl (C=O) groups is 1. The first-order valence-electron chi connectivity index (χ1n) is 7.34. The van der Waals surface area contributed by atoms with Gasteiger partial charge in [0.2, 0.25) is 0 Å². The molecule has 0 saturated heterocycles. The number of aryl methyl sites for hydroxylation is 1. The van der Waals surface area contributed by atoms with Crippen LogP contribution in [-0.4, -0.2) is 24.7 Å². The maximum absolute atomic E-state index is 11.9. The smallest absolute Gasteiger partial charge is 0.253 e. The van der Waals surface area contributed by atoms with Crippen LogP contribution in [0.3, 0.4) is 0 Å². The maximum atomic E-state index is 11.9. The zero-order valence-corrected chi connectivity index (χ0v) is 12.7. The Morgan fingerprint density at radius 2 is 1.82 bits per heavy atom. The third-order valence-corrected chi connectivity index (χ3v) is 3.46. The maximum Gasteiger partial charge on any atom is 0.253 e. The van der Waals surface area contributed by atoms with E-state index in [1.807, 2.05) is 18.2 Å². The average Bonchev–Trinajstić information content (AvgIpc) is 2.59. The molecule has 4 nitrogen and oxygen atoms in total. The Morgan fingerprint density at radius 1 is 1.14 bits per heavy atom. The molecule has 2 aromatic rings. The minimum absolute atomic E-state index is 0.377. The van der Waals surface area contributed by atoms with Gasteiger partial charge in [-0.25, -0.2) is 0 Å². The first-order chi connectivity index (χ1) is 10.7. The van der Waals surface area contributed by atoms with Crippen molar-refractivity contribution in [3.8, 4) is 5.75 Å². The topological polar surface area (TPSA) is 58.6 Å². The number of hydrogen-bond donors (Lipinski definition) is 2. The number of benzene rings is 2. The van der Waals surface area contributed by atoms with E-state index in [0.29, 0.717) is 17.9 Å². The van der Waals surface area contributed by atoms with Crippen molar-refractivity contribution in [1.29, 1.82) is 0 Å². The van der Waals surface area contributed by atoms with Crippen molar-refractivity contribution in [2.24, 2.45) is 0 Å². The normalized spacial score (nSPS) is 11.7. The van der Waals surface area contributed by atoms with Crippen LogP contribution in [-0.2, 0) is 11.2 Å². The van der Waals surface area contributed by atoms with Gasteiger partial charge in [0.15, 0.2) is 6.10 Å². The van der Waals surface area contributed by atoms with Gasteiger partial charge in [0.25, 0.3) is 5.91 Å². The molecule has 0 saturated carbocycles. The molecule has 0 aromatic heterocycles. The number of ether oxygens (including phenoxy) is 1. The first kappa shape index (κ1) is 16.0. The van der Waals surface area contributed by atoms with Crippen molar-refractivity contribution < 1.29 is 14.6 Å². The highest BCUT2D eigenvalue weighted by atomic mass is 16.5. The van der Waals surface area contributed by atoms with E-state index in [4.69, 9.17) is 4.74 Å². The van der Waals surface area contributed by atoms with Gasteiger partial charge in [-0.1, -0.05) is 42.5 Å². The molecule has 0 aliphatic carbocycles. The zero-order chi connectivity index (χ0) is 15.8. The van der Waals surface area contributed by atoms with Gasteiger partial charge >= 0.3 is 0 Å². The average molecular weight is 299 g/mol. The van der Waals surface area contributed by atoms with Crippen molar-refractivity contribution in [3.63, 3.8) is 0 Å². The van der Waals surface area contributed by atoms with Gasteiger partial charge in [0.05, 0.1) is 7.11 Å². The summed E-state index contributed by atoms with van der Waals surface area (Å²) in [6.45, 7) is 0.543. The highest BCUT2D eigenvalue weighted by Gasteiger charge is 2.16. The molecule has 2 rings (SSSR count). The number of aliphatic hydroxyl groups excluding tert-OH is 1. The number of carbonyl (C=O) groups excluding carboxylic acids is 1. The van der Waals surface area contributed by atoms with Crippen molar-refractivity contribution in [2.75, 3.05) is 13.7 Å². The number of nitrogens with one attached hydrogen (secondary N) is 1. The zero-order valence-electron chi connectivity index (χ0n) is 12.7. The summed E-state index contributed by atoms with van der Waals surface area (Å²) in [7, 11) is 1.57. The number of methoxy groups -OCH3 is 1. The molecule has 0 heterocycles. The fourth-order valence-electron chi connectivity index (χ4n) is 2.18. The van der Waals surface area contributed by atoms with Gasteiger partial charge in [0, 0.05) is 6.54 Å². The monoisotopic (exact) mass is 299 g/mol. The molecule has 1 amide bonds. The third kappa shape index (κ3) is 4.60. The van der Waals surface area contributed by atoms with Crippen molar-refractivity contribution in [1.82, 2.24) is 5.32 Å².